The third kappa shape index (κ3) is 8.49. The van der Waals surface area contributed by atoms with Crippen LogP contribution in [0.25, 0.3) is 0 Å². The molecule has 0 heterocycles. The monoisotopic (exact) mass is 526 g/mol. The molecule has 1 atom stereocenters. The Morgan fingerprint density at radius 3 is 2.00 bits per heavy atom. The van der Waals surface area contributed by atoms with Crippen LogP contribution in [-0.2, 0) is 17.6 Å². The van der Waals surface area contributed by atoms with Crippen LogP contribution in [0.2, 0.25) is 5.02 Å². The Morgan fingerprint density at radius 2 is 1.32 bits per heavy atom. The molecule has 0 saturated heterocycles. The van der Waals surface area contributed by atoms with Gasteiger partial charge in [-0.1, -0.05) is 72.3 Å². The summed E-state index contributed by atoms with van der Waals surface area (Å²) in [6.07, 6.45) is 2.79. The van der Waals surface area contributed by atoms with Crippen molar-refractivity contribution in [2.75, 3.05) is 6.54 Å². The summed E-state index contributed by atoms with van der Waals surface area (Å²) in [5.74, 6) is 0.848. The first-order chi connectivity index (χ1) is 18.6. The van der Waals surface area contributed by atoms with Gasteiger partial charge in [-0.3, -0.25) is 9.59 Å². The first-order valence-corrected chi connectivity index (χ1v) is 13.1. The first-order valence-electron chi connectivity index (χ1n) is 12.8. The maximum atomic E-state index is 13.1. The van der Waals surface area contributed by atoms with Crippen LogP contribution < -0.4 is 15.4 Å². The van der Waals surface area contributed by atoms with Gasteiger partial charge in [0.15, 0.2) is 0 Å². The van der Waals surface area contributed by atoms with Crippen molar-refractivity contribution in [2.24, 2.45) is 0 Å². The second-order valence-corrected chi connectivity index (χ2v) is 9.45. The summed E-state index contributed by atoms with van der Waals surface area (Å²) in [6, 6.07) is 33.3. The van der Waals surface area contributed by atoms with Crippen LogP contribution in [0.5, 0.6) is 11.5 Å². The highest BCUT2D eigenvalue weighted by atomic mass is 35.5. The highest BCUT2D eigenvalue weighted by Gasteiger charge is 2.21. The van der Waals surface area contributed by atoms with Crippen molar-refractivity contribution in [3.05, 3.63) is 131 Å². The zero-order chi connectivity index (χ0) is 26.6. The molecule has 0 fully saturated rings. The number of ether oxygens (including phenoxy) is 1. The number of carbonyl (C=O) groups is 2. The van der Waals surface area contributed by atoms with E-state index in [4.69, 9.17) is 16.3 Å². The van der Waals surface area contributed by atoms with E-state index >= 15 is 0 Å². The van der Waals surface area contributed by atoms with Gasteiger partial charge in [0, 0.05) is 17.1 Å². The predicted molar refractivity (Wildman–Crippen MR) is 152 cm³/mol. The van der Waals surface area contributed by atoms with Crippen molar-refractivity contribution in [1.82, 2.24) is 10.6 Å². The molecule has 2 amide bonds. The van der Waals surface area contributed by atoms with E-state index in [1.165, 1.54) is 5.56 Å². The van der Waals surface area contributed by atoms with E-state index in [-0.39, 0.29) is 11.8 Å². The molecule has 0 radical (unpaired) electrons. The Kier molecular flexibility index (Phi) is 9.94. The summed E-state index contributed by atoms with van der Waals surface area (Å²) in [7, 11) is 0. The summed E-state index contributed by atoms with van der Waals surface area (Å²) in [4.78, 5) is 26.1. The van der Waals surface area contributed by atoms with E-state index in [1.54, 1.807) is 24.3 Å². The second kappa shape index (κ2) is 14.0. The standard InChI is InChI=1S/C32H31ClN2O3/c33-27-18-13-25(14-19-27)15-22-30(32(37)34-23-7-10-24-8-3-1-4-9-24)35-31(36)26-16-20-29(21-17-26)38-28-11-5-2-6-12-28/h1-6,8-9,11-14,16-21,30H,7,10,15,22-23H2,(H,34,37)(H,35,36)/t30-/m0/s1. The van der Waals surface area contributed by atoms with Gasteiger partial charge in [-0.25, -0.2) is 0 Å². The molecule has 5 nitrogen and oxygen atoms in total. The topological polar surface area (TPSA) is 67.4 Å². The fourth-order valence-electron chi connectivity index (χ4n) is 4.04. The highest BCUT2D eigenvalue weighted by Crippen LogP contribution is 2.21. The van der Waals surface area contributed by atoms with Crippen LogP contribution in [0.15, 0.2) is 109 Å². The summed E-state index contributed by atoms with van der Waals surface area (Å²) in [5, 5.41) is 6.58. The van der Waals surface area contributed by atoms with Gasteiger partial charge in [-0.05, 0) is 85.3 Å². The van der Waals surface area contributed by atoms with Gasteiger partial charge in [-0.2, -0.15) is 0 Å². The number of benzene rings is 4. The number of nitrogens with one attached hydrogen (secondary N) is 2. The Balaban J connectivity index is 1.35. The van der Waals surface area contributed by atoms with E-state index < -0.39 is 6.04 Å². The average molecular weight is 527 g/mol. The maximum absolute atomic E-state index is 13.1. The van der Waals surface area contributed by atoms with Gasteiger partial charge in [0.2, 0.25) is 5.91 Å². The molecule has 0 spiro atoms. The average Bonchev–Trinajstić information content (AvgIpc) is 2.95. The van der Waals surface area contributed by atoms with Crippen LogP contribution in [0.1, 0.15) is 34.3 Å². The number of carbonyl (C=O) groups excluding carboxylic acids is 2. The number of hydrogen-bond acceptors (Lipinski definition) is 3. The van der Waals surface area contributed by atoms with Gasteiger partial charge < -0.3 is 15.4 Å². The minimum Gasteiger partial charge on any atom is -0.457 e. The lowest BCUT2D eigenvalue weighted by Crippen LogP contribution is -2.47. The third-order valence-corrected chi connectivity index (χ3v) is 6.39. The minimum absolute atomic E-state index is 0.190. The van der Waals surface area contributed by atoms with Crippen LogP contribution in [0.4, 0.5) is 0 Å². The molecule has 2 N–H and O–H groups in total. The second-order valence-electron chi connectivity index (χ2n) is 9.01. The molecule has 6 heteroatoms. The molecule has 0 aliphatic rings. The van der Waals surface area contributed by atoms with Crippen molar-refractivity contribution < 1.29 is 14.3 Å². The Labute approximate surface area is 228 Å². The van der Waals surface area contributed by atoms with Crippen molar-refractivity contribution >= 4 is 23.4 Å². The first kappa shape index (κ1) is 27.0. The molecular formula is C32H31ClN2O3. The molecule has 38 heavy (non-hydrogen) atoms. The number of aryl methyl sites for hydroxylation is 2. The molecule has 4 aromatic carbocycles. The van der Waals surface area contributed by atoms with Gasteiger partial charge in [0.25, 0.3) is 5.91 Å². The Hall–Kier alpha value is -4.09. The highest BCUT2D eigenvalue weighted by molar-refractivity contribution is 6.30. The molecular weight excluding hydrogens is 496 g/mol. The van der Waals surface area contributed by atoms with E-state index in [9.17, 15) is 9.59 Å². The number of halogens is 1. The fraction of sp³-hybridized carbons (Fsp3) is 0.188. The van der Waals surface area contributed by atoms with Gasteiger partial charge in [-0.15, -0.1) is 0 Å². The summed E-state index contributed by atoms with van der Waals surface area (Å²) in [6.45, 7) is 0.534. The van der Waals surface area contributed by atoms with Crippen molar-refractivity contribution in [3.8, 4) is 11.5 Å². The third-order valence-electron chi connectivity index (χ3n) is 6.14. The van der Waals surface area contributed by atoms with Crippen molar-refractivity contribution in [3.63, 3.8) is 0 Å². The van der Waals surface area contributed by atoms with Gasteiger partial charge in [0.05, 0.1) is 0 Å². The normalized spacial score (nSPS) is 11.4. The maximum Gasteiger partial charge on any atom is 0.251 e. The number of rotatable bonds is 12. The predicted octanol–water partition coefficient (Wildman–Crippen LogP) is 6.61. The lowest BCUT2D eigenvalue weighted by molar-refractivity contribution is -0.123. The molecule has 0 aliphatic heterocycles. The zero-order valence-corrected chi connectivity index (χ0v) is 21.9. The molecule has 4 rings (SSSR count). The fourth-order valence-corrected chi connectivity index (χ4v) is 4.17. The van der Waals surface area contributed by atoms with Gasteiger partial charge in [0.1, 0.15) is 17.5 Å². The van der Waals surface area contributed by atoms with E-state index in [0.29, 0.717) is 35.7 Å². The molecule has 0 bridgehead atoms. The van der Waals surface area contributed by atoms with E-state index in [1.807, 2.05) is 72.8 Å². The largest absolute Gasteiger partial charge is 0.457 e. The SMILES string of the molecule is O=C(N[C@@H](CCc1ccc(Cl)cc1)C(=O)NCCCc1ccccc1)c1ccc(Oc2ccccc2)cc1. The lowest BCUT2D eigenvalue weighted by Gasteiger charge is -2.19. The molecule has 4 aromatic rings. The van der Waals surface area contributed by atoms with E-state index in [2.05, 4.69) is 22.8 Å². The Morgan fingerprint density at radius 1 is 0.711 bits per heavy atom. The van der Waals surface area contributed by atoms with Crippen molar-refractivity contribution in [2.45, 2.75) is 31.7 Å². The molecule has 0 saturated carbocycles. The molecule has 0 aromatic heterocycles. The molecule has 0 unspecified atom stereocenters. The minimum atomic E-state index is -0.671. The summed E-state index contributed by atoms with van der Waals surface area (Å²) in [5.41, 5.74) is 2.74. The summed E-state index contributed by atoms with van der Waals surface area (Å²) >= 11 is 6.00. The zero-order valence-electron chi connectivity index (χ0n) is 21.1. The van der Waals surface area contributed by atoms with Crippen LogP contribution >= 0.6 is 11.6 Å². The van der Waals surface area contributed by atoms with E-state index in [0.717, 1.165) is 24.2 Å². The number of hydrogen-bond donors (Lipinski definition) is 2. The van der Waals surface area contributed by atoms with Gasteiger partial charge >= 0.3 is 0 Å². The smallest absolute Gasteiger partial charge is 0.251 e. The Bertz CT molecular complexity index is 1290. The number of para-hydroxylation sites is 1. The van der Waals surface area contributed by atoms with Crippen LogP contribution in [0, 0.1) is 0 Å². The number of amides is 2. The van der Waals surface area contributed by atoms with Crippen LogP contribution in [-0.4, -0.2) is 24.4 Å². The summed E-state index contributed by atoms with van der Waals surface area (Å²) < 4.78 is 5.81. The quantitative estimate of drug-likeness (QED) is 0.204. The molecule has 194 valence electrons. The lowest BCUT2D eigenvalue weighted by atomic mass is 10.0. The van der Waals surface area contributed by atoms with Crippen LogP contribution in [0.3, 0.4) is 0 Å². The molecule has 0 aliphatic carbocycles. The van der Waals surface area contributed by atoms with Crippen molar-refractivity contribution in [1.29, 1.82) is 0 Å².